The molecule has 9 nitrogen and oxygen atoms in total. The predicted octanol–water partition coefficient (Wildman–Crippen LogP) is 7.00. The topological polar surface area (TPSA) is 117 Å². The highest BCUT2D eigenvalue weighted by atomic mass is 16.6. The van der Waals surface area contributed by atoms with E-state index in [0.29, 0.717) is 34.5 Å². The van der Waals surface area contributed by atoms with Gasteiger partial charge in [-0.1, -0.05) is 68.9 Å². The third-order valence-electron chi connectivity index (χ3n) is 7.48. The average molecular weight is 642 g/mol. The van der Waals surface area contributed by atoms with Crippen LogP contribution in [0.4, 0.5) is 10.5 Å². The van der Waals surface area contributed by atoms with Crippen LogP contribution in [0.25, 0.3) is 0 Å². The number of methoxy groups -OCH3 is 1. The minimum atomic E-state index is -1.12. The van der Waals surface area contributed by atoms with Crippen LogP contribution in [-0.2, 0) is 20.7 Å². The van der Waals surface area contributed by atoms with Crippen molar-refractivity contribution >= 4 is 23.6 Å². The molecule has 47 heavy (non-hydrogen) atoms. The fourth-order valence-electron chi connectivity index (χ4n) is 5.17. The highest BCUT2D eigenvalue weighted by molar-refractivity contribution is 5.99. The standard InChI is InChI=1S/C38H47N3O6/c1-7-9-10-11-14-25-41(36(44)33(40-37(45)47-38(3,4)5)26-27-17-21-30(42)22-18-27)34(32-16-13-12-15-28(32)8-2)35(43)39-29-19-23-31(46-6)24-20-29/h2,12-13,15-24,33-34,42H,7,9-11,14,25-26H2,1,3-6H3,(H,39,43)(H,40,45). The van der Waals surface area contributed by atoms with Gasteiger partial charge in [-0.05, 0) is 80.8 Å². The second-order valence-corrected chi connectivity index (χ2v) is 12.4. The van der Waals surface area contributed by atoms with Crippen molar-refractivity contribution in [2.45, 2.75) is 83.9 Å². The summed E-state index contributed by atoms with van der Waals surface area (Å²) in [6.07, 6.45) is 9.81. The molecule has 3 rings (SSSR count). The van der Waals surface area contributed by atoms with Gasteiger partial charge < -0.3 is 30.1 Å². The lowest BCUT2D eigenvalue weighted by Gasteiger charge is -2.35. The van der Waals surface area contributed by atoms with Gasteiger partial charge in [-0.15, -0.1) is 6.42 Å². The van der Waals surface area contributed by atoms with Crippen LogP contribution in [0.15, 0.2) is 72.8 Å². The molecule has 0 bridgehead atoms. The molecule has 0 radical (unpaired) electrons. The van der Waals surface area contributed by atoms with E-state index in [0.717, 1.165) is 25.7 Å². The first-order chi connectivity index (χ1) is 22.4. The molecule has 3 aromatic rings. The molecule has 0 saturated heterocycles. The van der Waals surface area contributed by atoms with E-state index in [-0.39, 0.29) is 18.7 Å². The predicted molar refractivity (Wildman–Crippen MR) is 184 cm³/mol. The maximum Gasteiger partial charge on any atom is 0.408 e. The van der Waals surface area contributed by atoms with Crippen molar-refractivity contribution < 1.29 is 29.0 Å². The van der Waals surface area contributed by atoms with Gasteiger partial charge in [0.15, 0.2) is 0 Å². The number of anilines is 1. The molecular formula is C38H47N3O6. The Morgan fingerprint density at radius 3 is 2.21 bits per heavy atom. The lowest BCUT2D eigenvalue weighted by atomic mass is 9.96. The van der Waals surface area contributed by atoms with Crippen molar-refractivity contribution in [3.63, 3.8) is 0 Å². The number of carbonyl (C=O) groups is 3. The summed E-state index contributed by atoms with van der Waals surface area (Å²) >= 11 is 0. The molecule has 3 N–H and O–H groups in total. The number of unbranched alkanes of at least 4 members (excludes halogenated alkanes) is 4. The zero-order valence-electron chi connectivity index (χ0n) is 28.0. The fourth-order valence-corrected chi connectivity index (χ4v) is 5.17. The Hall–Kier alpha value is -4.97. The zero-order valence-corrected chi connectivity index (χ0v) is 28.0. The Bertz CT molecular complexity index is 1510. The summed E-state index contributed by atoms with van der Waals surface area (Å²) < 4.78 is 10.8. The first-order valence-corrected chi connectivity index (χ1v) is 16.0. The molecule has 0 aliphatic rings. The Labute approximate surface area is 278 Å². The minimum Gasteiger partial charge on any atom is -0.508 e. The van der Waals surface area contributed by atoms with Crippen molar-refractivity contribution in [1.29, 1.82) is 0 Å². The van der Waals surface area contributed by atoms with Crippen molar-refractivity contribution in [3.05, 3.63) is 89.5 Å². The molecule has 0 aliphatic carbocycles. The summed E-state index contributed by atoms with van der Waals surface area (Å²) in [4.78, 5) is 43.6. The normalized spacial score (nSPS) is 12.3. The third kappa shape index (κ3) is 11.4. The molecule has 0 saturated carbocycles. The number of alkyl carbamates (subject to hydrolysis) is 1. The highest BCUT2D eigenvalue weighted by Gasteiger charge is 2.37. The van der Waals surface area contributed by atoms with E-state index in [4.69, 9.17) is 15.9 Å². The molecule has 9 heteroatoms. The summed E-state index contributed by atoms with van der Waals surface area (Å²) in [6, 6.07) is 18.1. The van der Waals surface area contributed by atoms with Crippen LogP contribution in [0.2, 0.25) is 0 Å². The molecule has 3 aromatic carbocycles. The number of hydrogen-bond acceptors (Lipinski definition) is 6. The monoisotopic (exact) mass is 641 g/mol. The molecule has 0 aromatic heterocycles. The van der Waals surface area contributed by atoms with E-state index >= 15 is 0 Å². The van der Waals surface area contributed by atoms with E-state index in [1.807, 2.05) is 0 Å². The van der Waals surface area contributed by atoms with Gasteiger partial charge in [0, 0.05) is 24.2 Å². The third-order valence-corrected chi connectivity index (χ3v) is 7.48. The molecule has 2 atom stereocenters. The Morgan fingerprint density at radius 1 is 0.936 bits per heavy atom. The van der Waals surface area contributed by atoms with Gasteiger partial charge >= 0.3 is 6.09 Å². The van der Waals surface area contributed by atoms with E-state index in [1.54, 1.807) is 88.5 Å². The summed E-state index contributed by atoms with van der Waals surface area (Å²) in [5.41, 5.74) is 1.37. The van der Waals surface area contributed by atoms with Gasteiger partial charge in [0.05, 0.1) is 7.11 Å². The lowest BCUT2D eigenvalue weighted by Crippen LogP contribution is -2.53. The van der Waals surface area contributed by atoms with Crippen LogP contribution >= 0.6 is 0 Å². The Morgan fingerprint density at radius 2 is 1.60 bits per heavy atom. The number of terminal acetylenes is 1. The number of nitrogens with zero attached hydrogens (tertiary/aromatic N) is 1. The van der Waals surface area contributed by atoms with E-state index in [1.165, 1.54) is 17.0 Å². The number of phenols is 1. The minimum absolute atomic E-state index is 0.0755. The number of benzene rings is 3. The molecule has 2 unspecified atom stereocenters. The molecule has 250 valence electrons. The number of nitrogens with one attached hydrogen (secondary N) is 2. The lowest BCUT2D eigenvalue weighted by molar-refractivity contribution is -0.140. The summed E-state index contributed by atoms with van der Waals surface area (Å²) in [5.74, 6) is 2.45. The Kier molecular flexibility index (Phi) is 13.7. The second-order valence-electron chi connectivity index (χ2n) is 12.4. The maximum absolute atomic E-state index is 14.7. The van der Waals surface area contributed by atoms with Gasteiger partial charge in [0.25, 0.3) is 5.91 Å². The van der Waals surface area contributed by atoms with Crippen molar-refractivity contribution in [2.24, 2.45) is 0 Å². The zero-order chi connectivity index (χ0) is 34.4. The molecule has 0 spiro atoms. The number of ether oxygens (including phenoxy) is 2. The van der Waals surface area contributed by atoms with Gasteiger partial charge in [0.2, 0.25) is 5.91 Å². The first kappa shape index (κ1) is 36.5. The van der Waals surface area contributed by atoms with Crippen molar-refractivity contribution in [3.8, 4) is 23.8 Å². The molecular weight excluding hydrogens is 594 g/mol. The first-order valence-electron chi connectivity index (χ1n) is 16.0. The molecule has 0 aliphatic heterocycles. The van der Waals surface area contributed by atoms with Crippen LogP contribution in [0.1, 0.15) is 82.5 Å². The number of aromatic hydroxyl groups is 1. The number of carbonyl (C=O) groups excluding carboxylic acids is 3. The van der Waals surface area contributed by atoms with Crippen LogP contribution < -0.4 is 15.4 Å². The van der Waals surface area contributed by atoms with E-state index < -0.39 is 35.6 Å². The SMILES string of the molecule is C#Cc1ccccc1C(C(=O)Nc1ccc(OC)cc1)N(CCCCCCC)C(=O)C(Cc1ccc(O)cc1)NC(=O)OC(C)(C)C. The highest BCUT2D eigenvalue weighted by Crippen LogP contribution is 2.29. The number of phenolic OH excluding ortho intramolecular Hbond substituents is 1. The Balaban J connectivity index is 2.10. The summed E-state index contributed by atoms with van der Waals surface area (Å²) in [7, 11) is 1.56. The van der Waals surface area contributed by atoms with Gasteiger partial charge in [-0.2, -0.15) is 0 Å². The van der Waals surface area contributed by atoms with E-state index in [9.17, 15) is 19.5 Å². The number of rotatable bonds is 15. The van der Waals surface area contributed by atoms with Crippen LogP contribution in [0, 0.1) is 12.3 Å². The fraction of sp³-hybridized carbons (Fsp3) is 0.395. The van der Waals surface area contributed by atoms with Crippen LogP contribution in [0.3, 0.4) is 0 Å². The maximum atomic E-state index is 14.7. The number of hydrogen-bond donors (Lipinski definition) is 3. The smallest absolute Gasteiger partial charge is 0.408 e. The van der Waals surface area contributed by atoms with Gasteiger partial charge in [0.1, 0.15) is 29.2 Å². The quantitative estimate of drug-likeness (QED) is 0.122. The van der Waals surface area contributed by atoms with Crippen molar-refractivity contribution in [2.75, 3.05) is 19.0 Å². The van der Waals surface area contributed by atoms with Crippen LogP contribution in [0.5, 0.6) is 11.5 Å². The van der Waals surface area contributed by atoms with Gasteiger partial charge in [-0.25, -0.2) is 4.79 Å². The van der Waals surface area contributed by atoms with Gasteiger partial charge in [-0.3, -0.25) is 9.59 Å². The molecule has 3 amide bonds. The average Bonchev–Trinajstić information content (AvgIpc) is 3.04. The summed E-state index contributed by atoms with van der Waals surface area (Å²) in [6.45, 7) is 7.58. The molecule has 0 heterocycles. The van der Waals surface area contributed by atoms with Crippen LogP contribution in [-0.4, -0.2) is 53.2 Å². The van der Waals surface area contributed by atoms with E-state index in [2.05, 4.69) is 23.5 Å². The molecule has 0 fully saturated rings. The largest absolute Gasteiger partial charge is 0.508 e. The summed E-state index contributed by atoms with van der Waals surface area (Å²) in [5, 5.41) is 15.6. The van der Waals surface area contributed by atoms with Crippen molar-refractivity contribution in [1.82, 2.24) is 10.2 Å². The second kappa shape index (κ2) is 17.7. The number of amides is 3.